The Morgan fingerprint density at radius 1 is 1.07 bits per heavy atom. The van der Waals surface area contributed by atoms with Gasteiger partial charge in [-0.15, -0.1) is 24.0 Å². The number of amides is 1. The number of nitrogens with zero attached hydrogens (tertiary/aromatic N) is 1. The third-order valence-corrected chi connectivity index (χ3v) is 6.04. The Morgan fingerprint density at radius 2 is 1.78 bits per heavy atom. The van der Waals surface area contributed by atoms with Gasteiger partial charge in [-0.25, -0.2) is 0 Å². The van der Waals surface area contributed by atoms with E-state index in [1.807, 2.05) is 0 Å². The first-order chi connectivity index (χ1) is 12.7. The van der Waals surface area contributed by atoms with Crippen molar-refractivity contribution in [1.29, 1.82) is 0 Å². The predicted octanol–water partition coefficient (Wildman–Crippen LogP) is 3.06. The molecule has 0 aliphatic heterocycles. The van der Waals surface area contributed by atoms with E-state index in [0.717, 1.165) is 25.5 Å². The van der Waals surface area contributed by atoms with Gasteiger partial charge in [-0.1, -0.05) is 25.7 Å². The molecule has 1 amide bonds. The summed E-state index contributed by atoms with van der Waals surface area (Å²) < 4.78 is 5.25. The highest BCUT2D eigenvalue weighted by Gasteiger charge is 2.36. The summed E-state index contributed by atoms with van der Waals surface area (Å²) in [4.78, 5) is 16.3. The maximum atomic E-state index is 12.0. The standard InChI is InChI=1S/C20H38N4O2.HI/c1-21-19(24-16-20(9-6-10-20)11-14-26-2)23-13-12-22-18(25)15-17-7-4-3-5-8-17;/h17H,3-16H2,1-2H3,(H,22,25)(H2,21,23,24);1H. The minimum Gasteiger partial charge on any atom is -0.385 e. The van der Waals surface area contributed by atoms with Crippen molar-refractivity contribution < 1.29 is 9.53 Å². The van der Waals surface area contributed by atoms with Crippen molar-refractivity contribution >= 4 is 35.8 Å². The van der Waals surface area contributed by atoms with Crippen molar-refractivity contribution in [3.05, 3.63) is 0 Å². The Morgan fingerprint density at radius 3 is 2.37 bits per heavy atom. The minimum atomic E-state index is 0. The van der Waals surface area contributed by atoms with Crippen LogP contribution in [0.4, 0.5) is 0 Å². The van der Waals surface area contributed by atoms with E-state index in [1.165, 1.54) is 51.4 Å². The molecule has 0 spiro atoms. The first kappa shape index (κ1) is 24.5. The third kappa shape index (κ3) is 8.98. The Kier molecular flexibility index (Phi) is 12.3. The summed E-state index contributed by atoms with van der Waals surface area (Å²) in [5.74, 6) is 1.60. The number of ether oxygens (including phenoxy) is 1. The van der Waals surface area contributed by atoms with Gasteiger partial charge in [-0.05, 0) is 43.4 Å². The van der Waals surface area contributed by atoms with Gasteiger partial charge in [0.15, 0.2) is 5.96 Å². The van der Waals surface area contributed by atoms with Crippen LogP contribution in [0.1, 0.15) is 64.2 Å². The van der Waals surface area contributed by atoms with Gasteiger partial charge in [-0.3, -0.25) is 9.79 Å². The van der Waals surface area contributed by atoms with Gasteiger partial charge in [0.25, 0.3) is 0 Å². The highest BCUT2D eigenvalue weighted by Crippen LogP contribution is 2.43. The molecule has 0 aromatic heterocycles. The molecule has 2 aliphatic carbocycles. The van der Waals surface area contributed by atoms with Crippen molar-refractivity contribution in [3.8, 4) is 0 Å². The molecule has 0 heterocycles. The van der Waals surface area contributed by atoms with E-state index in [-0.39, 0.29) is 29.9 Å². The third-order valence-electron chi connectivity index (χ3n) is 6.04. The smallest absolute Gasteiger partial charge is 0.220 e. The molecule has 6 nitrogen and oxygen atoms in total. The summed E-state index contributed by atoms with van der Waals surface area (Å²) in [6.45, 7) is 3.09. The molecule has 2 aliphatic rings. The van der Waals surface area contributed by atoms with Gasteiger partial charge >= 0.3 is 0 Å². The Hall–Kier alpha value is -0.570. The summed E-state index contributed by atoms with van der Waals surface area (Å²) in [6, 6.07) is 0. The molecule has 7 heteroatoms. The number of guanidine groups is 1. The van der Waals surface area contributed by atoms with E-state index in [0.29, 0.717) is 30.8 Å². The molecule has 0 atom stereocenters. The topological polar surface area (TPSA) is 74.8 Å². The monoisotopic (exact) mass is 494 g/mol. The number of nitrogens with one attached hydrogen (secondary N) is 3. The van der Waals surface area contributed by atoms with Crippen LogP contribution in [-0.2, 0) is 9.53 Å². The fourth-order valence-electron chi connectivity index (χ4n) is 4.11. The zero-order chi connectivity index (χ0) is 18.7. The molecule has 0 saturated heterocycles. The van der Waals surface area contributed by atoms with Crippen LogP contribution in [-0.4, -0.2) is 52.3 Å². The van der Waals surface area contributed by atoms with Gasteiger partial charge in [0.05, 0.1) is 0 Å². The molecular weight excluding hydrogens is 455 g/mol. The summed E-state index contributed by atoms with van der Waals surface area (Å²) >= 11 is 0. The van der Waals surface area contributed by atoms with Crippen LogP contribution in [0.25, 0.3) is 0 Å². The van der Waals surface area contributed by atoms with Gasteiger partial charge in [0, 0.05) is 46.8 Å². The van der Waals surface area contributed by atoms with E-state index >= 15 is 0 Å². The van der Waals surface area contributed by atoms with Crippen molar-refractivity contribution in [2.24, 2.45) is 16.3 Å². The highest BCUT2D eigenvalue weighted by molar-refractivity contribution is 14.0. The molecule has 3 N–H and O–H groups in total. The summed E-state index contributed by atoms with van der Waals surface area (Å²) in [5, 5.41) is 9.78. The zero-order valence-electron chi connectivity index (χ0n) is 17.1. The molecule has 0 aromatic rings. The van der Waals surface area contributed by atoms with Crippen LogP contribution in [0, 0.1) is 11.3 Å². The van der Waals surface area contributed by atoms with Crippen LogP contribution >= 0.6 is 24.0 Å². The van der Waals surface area contributed by atoms with Gasteiger partial charge in [0.2, 0.25) is 5.91 Å². The van der Waals surface area contributed by atoms with E-state index in [4.69, 9.17) is 4.74 Å². The number of hydrogen-bond acceptors (Lipinski definition) is 3. The first-order valence-electron chi connectivity index (χ1n) is 10.4. The Bertz CT molecular complexity index is 449. The largest absolute Gasteiger partial charge is 0.385 e. The molecule has 158 valence electrons. The maximum absolute atomic E-state index is 12.0. The maximum Gasteiger partial charge on any atom is 0.220 e. The fourth-order valence-corrected chi connectivity index (χ4v) is 4.11. The highest BCUT2D eigenvalue weighted by atomic mass is 127. The van der Waals surface area contributed by atoms with Gasteiger partial charge < -0.3 is 20.7 Å². The predicted molar refractivity (Wildman–Crippen MR) is 122 cm³/mol. The second kappa shape index (κ2) is 13.6. The van der Waals surface area contributed by atoms with E-state index in [2.05, 4.69) is 20.9 Å². The SMILES string of the molecule is CN=C(NCCNC(=O)CC1CCCCC1)NCC1(CCOC)CCC1.I. The molecule has 2 fully saturated rings. The number of aliphatic imine (C=N–C) groups is 1. The summed E-state index contributed by atoms with van der Waals surface area (Å²) in [5.41, 5.74) is 0.363. The number of hydrogen-bond donors (Lipinski definition) is 3. The molecular formula is C20H39IN4O2. The molecule has 0 bridgehead atoms. The molecule has 27 heavy (non-hydrogen) atoms. The molecule has 2 rings (SSSR count). The van der Waals surface area contributed by atoms with Crippen LogP contribution in [0.5, 0.6) is 0 Å². The first-order valence-corrected chi connectivity index (χ1v) is 10.4. The van der Waals surface area contributed by atoms with E-state index < -0.39 is 0 Å². The summed E-state index contributed by atoms with van der Waals surface area (Å²) in [7, 11) is 3.56. The minimum absolute atomic E-state index is 0. The average molecular weight is 494 g/mol. The van der Waals surface area contributed by atoms with Gasteiger partial charge in [-0.2, -0.15) is 0 Å². The van der Waals surface area contributed by atoms with Crippen LogP contribution in [0.15, 0.2) is 4.99 Å². The van der Waals surface area contributed by atoms with Crippen molar-refractivity contribution in [3.63, 3.8) is 0 Å². The zero-order valence-corrected chi connectivity index (χ0v) is 19.5. The fraction of sp³-hybridized carbons (Fsp3) is 0.900. The molecule has 0 unspecified atom stereocenters. The van der Waals surface area contributed by atoms with E-state index in [1.54, 1.807) is 14.2 Å². The lowest BCUT2D eigenvalue weighted by Gasteiger charge is -2.42. The molecule has 0 radical (unpaired) electrons. The number of carbonyl (C=O) groups is 1. The number of carbonyl (C=O) groups excluding carboxylic acids is 1. The second-order valence-electron chi connectivity index (χ2n) is 8.01. The Labute approximate surface area is 182 Å². The lowest BCUT2D eigenvalue weighted by atomic mass is 9.67. The number of methoxy groups -OCH3 is 1. The van der Waals surface area contributed by atoms with Crippen LogP contribution in [0.2, 0.25) is 0 Å². The number of rotatable bonds is 10. The quantitative estimate of drug-likeness (QED) is 0.189. The lowest BCUT2D eigenvalue weighted by molar-refractivity contribution is -0.122. The summed E-state index contributed by atoms with van der Waals surface area (Å²) in [6.07, 6.45) is 12.0. The number of halogens is 1. The van der Waals surface area contributed by atoms with Gasteiger partial charge in [0.1, 0.15) is 0 Å². The average Bonchev–Trinajstić information content (AvgIpc) is 2.63. The van der Waals surface area contributed by atoms with Crippen molar-refractivity contribution in [2.45, 2.75) is 64.2 Å². The van der Waals surface area contributed by atoms with Crippen molar-refractivity contribution in [2.75, 3.05) is 40.4 Å². The van der Waals surface area contributed by atoms with Crippen LogP contribution in [0.3, 0.4) is 0 Å². The van der Waals surface area contributed by atoms with E-state index in [9.17, 15) is 4.79 Å². The lowest BCUT2D eigenvalue weighted by Crippen LogP contribution is -2.48. The molecule has 2 saturated carbocycles. The second-order valence-corrected chi connectivity index (χ2v) is 8.01. The Balaban J connectivity index is 0.00000364. The van der Waals surface area contributed by atoms with Crippen LogP contribution < -0.4 is 16.0 Å². The van der Waals surface area contributed by atoms with Crippen molar-refractivity contribution in [1.82, 2.24) is 16.0 Å². The molecule has 0 aromatic carbocycles. The normalized spacial score (nSPS) is 19.6.